The highest BCUT2D eigenvalue weighted by atomic mass is 31.4. The van der Waals surface area contributed by atoms with Gasteiger partial charge in [0.25, 0.3) is 0 Å². The molecule has 0 atom stereocenters. The Balaban J connectivity index is 4.40. The van der Waals surface area contributed by atoms with Gasteiger partial charge in [0, 0.05) is 7.59 Å². The molecule has 0 aromatic carbocycles. The van der Waals surface area contributed by atoms with Gasteiger partial charge in [0.1, 0.15) is 0 Å². The summed E-state index contributed by atoms with van der Waals surface area (Å²) in [6.07, 6.45) is 0. The zero-order chi connectivity index (χ0) is 8.58. The molecule has 0 N–H and O–H groups in total. The minimum absolute atomic E-state index is 0.369. The van der Waals surface area contributed by atoms with Crippen molar-refractivity contribution in [2.45, 2.75) is 32.7 Å². The van der Waals surface area contributed by atoms with Crippen LogP contribution in [0.15, 0.2) is 0 Å². The smallest absolute Gasteiger partial charge is 0.0673 e. The molecule has 0 unspecified atom stereocenters. The van der Waals surface area contributed by atoms with Crippen LogP contribution >= 0.6 is 7.47 Å². The van der Waals surface area contributed by atoms with Gasteiger partial charge < -0.3 is 0 Å². The largest absolute Gasteiger partial charge is 0.127 e. The fourth-order valence-electron chi connectivity index (χ4n) is 0.671. The van der Waals surface area contributed by atoms with Crippen molar-refractivity contribution in [2.75, 3.05) is 13.3 Å². The van der Waals surface area contributed by atoms with Crippen molar-refractivity contribution in [1.82, 2.24) is 0 Å². The third kappa shape index (κ3) is 2.18. The van der Waals surface area contributed by atoms with E-state index in [1.807, 2.05) is 0 Å². The summed E-state index contributed by atoms with van der Waals surface area (Å²) in [5, 5.41) is 0. The zero-order valence-corrected chi connectivity index (χ0v) is 11.3. The average molecular weight is 192 g/mol. The van der Waals surface area contributed by atoms with Crippen LogP contribution in [0.1, 0.15) is 0 Å². The molecular formula is C7H21PSi2. The highest BCUT2D eigenvalue weighted by Crippen LogP contribution is 2.44. The summed E-state index contributed by atoms with van der Waals surface area (Å²) in [5.74, 6) is 0. The minimum atomic E-state index is -0.780. The zero-order valence-electron chi connectivity index (χ0n) is 8.45. The first-order valence-electron chi connectivity index (χ1n) is 3.87. The lowest BCUT2D eigenvalue weighted by Crippen LogP contribution is -2.50. The van der Waals surface area contributed by atoms with Gasteiger partial charge in [0.15, 0.2) is 0 Å². The normalized spacial score (nSPS) is 14.4. The molecule has 0 nitrogen and oxygen atoms in total. The lowest BCUT2D eigenvalue weighted by atomic mass is 11.8. The van der Waals surface area contributed by atoms with Crippen LogP contribution in [-0.2, 0) is 0 Å². The average Bonchev–Trinajstić information content (AvgIpc) is 1.62. The van der Waals surface area contributed by atoms with Crippen LogP contribution in [0, 0.1) is 0 Å². The van der Waals surface area contributed by atoms with Crippen LogP contribution in [0.2, 0.25) is 32.7 Å². The van der Waals surface area contributed by atoms with Gasteiger partial charge >= 0.3 is 0 Å². The third-order valence-electron chi connectivity index (χ3n) is 2.95. The first kappa shape index (κ1) is 10.9. The maximum Gasteiger partial charge on any atom is 0.0673 e. The Kier molecular flexibility index (Phi) is 3.35. The van der Waals surface area contributed by atoms with Gasteiger partial charge in [-0.3, -0.25) is 0 Å². The topological polar surface area (TPSA) is 0 Å². The van der Waals surface area contributed by atoms with E-state index in [1.54, 1.807) is 0 Å². The van der Waals surface area contributed by atoms with E-state index in [-0.39, 0.29) is 0 Å². The molecule has 0 aliphatic rings. The molecule has 0 heterocycles. The quantitative estimate of drug-likeness (QED) is 0.465. The summed E-state index contributed by atoms with van der Waals surface area (Å²) in [6.45, 7) is 17.7. The molecule has 0 aromatic heterocycles. The van der Waals surface area contributed by atoms with E-state index in [1.165, 1.54) is 0 Å². The van der Waals surface area contributed by atoms with E-state index in [4.69, 9.17) is 0 Å². The van der Waals surface area contributed by atoms with E-state index in [0.717, 1.165) is 0 Å². The summed E-state index contributed by atoms with van der Waals surface area (Å²) in [6, 6.07) is 0. The second-order valence-corrected chi connectivity index (χ2v) is 29.7. The molecule has 62 valence electrons. The molecule has 0 amide bonds. The highest BCUT2D eigenvalue weighted by Gasteiger charge is 2.38. The second-order valence-electron chi connectivity index (χ2n) is 4.70. The van der Waals surface area contributed by atoms with Crippen LogP contribution in [0.4, 0.5) is 0 Å². The maximum atomic E-state index is 2.57. The van der Waals surface area contributed by atoms with E-state index in [0.29, 0.717) is 7.47 Å². The van der Waals surface area contributed by atoms with Gasteiger partial charge in [0.05, 0.1) is 7.26 Å². The van der Waals surface area contributed by atoms with Crippen molar-refractivity contribution in [3.8, 4) is 0 Å². The monoisotopic (exact) mass is 192 g/mol. The van der Waals surface area contributed by atoms with Crippen LogP contribution in [0.5, 0.6) is 0 Å². The Labute approximate surface area is 68.8 Å². The van der Waals surface area contributed by atoms with Gasteiger partial charge in [0.2, 0.25) is 0 Å². The van der Waals surface area contributed by atoms with E-state index in [9.17, 15) is 0 Å². The lowest BCUT2D eigenvalue weighted by molar-refractivity contribution is 1.78. The molecule has 10 heavy (non-hydrogen) atoms. The highest BCUT2D eigenvalue weighted by molar-refractivity contribution is 8.05. The first-order chi connectivity index (χ1) is 4.19. The Morgan fingerprint density at radius 3 is 1.10 bits per heavy atom. The van der Waals surface area contributed by atoms with Crippen molar-refractivity contribution in [3.63, 3.8) is 0 Å². The molecule has 0 spiro atoms. The van der Waals surface area contributed by atoms with Crippen LogP contribution in [0.25, 0.3) is 0 Å². The van der Waals surface area contributed by atoms with Gasteiger partial charge in [-0.25, -0.2) is 0 Å². The minimum Gasteiger partial charge on any atom is -0.127 e. The number of hydrogen-bond acceptors (Lipinski definition) is 0. The van der Waals surface area contributed by atoms with Gasteiger partial charge in [-0.1, -0.05) is 32.7 Å². The van der Waals surface area contributed by atoms with Crippen molar-refractivity contribution < 1.29 is 0 Å². The Morgan fingerprint density at radius 1 is 0.800 bits per heavy atom. The molecule has 0 aliphatic heterocycles. The van der Waals surface area contributed by atoms with E-state index in [2.05, 4.69) is 46.1 Å². The Morgan fingerprint density at radius 2 is 1.10 bits per heavy atom. The standard InChI is InChI=1S/C7H21PSi2/c1-8(2)10(6,7)9(3,4)5/h1-7H3. The summed E-state index contributed by atoms with van der Waals surface area (Å²) in [4.78, 5) is 0. The molecule has 0 saturated heterocycles. The summed E-state index contributed by atoms with van der Waals surface area (Å²) in [7, 11) is -1.19. The molecular weight excluding hydrogens is 171 g/mol. The fourth-order valence-corrected chi connectivity index (χ4v) is 18.1. The van der Waals surface area contributed by atoms with Crippen LogP contribution in [0.3, 0.4) is 0 Å². The van der Waals surface area contributed by atoms with E-state index >= 15 is 0 Å². The SMILES string of the molecule is CP(C)[Si](C)(C)[Si](C)(C)C. The second kappa shape index (κ2) is 3.08. The van der Waals surface area contributed by atoms with Crippen LogP contribution < -0.4 is 0 Å². The van der Waals surface area contributed by atoms with Crippen molar-refractivity contribution in [3.05, 3.63) is 0 Å². The molecule has 3 heteroatoms. The molecule has 0 saturated carbocycles. The van der Waals surface area contributed by atoms with Crippen molar-refractivity contribution in [2.24, 2.45) is 0 Å². The van der Waals surface area contributed by atoms with Crippen molar-refractivity contribution >= 4 is 22.3 Å². The van der Waals surface area contributed by atoms with Gasteiger partial charge in [-0.15, -0.1) is 7.47 Å². The van der Waals surface area contributed by atoms with Gasteiger partial charge in [-0.2, -0.15) is 0 Å². The molecule has 0 fully saturated rings. The lowest BCUT2D eigenvalue weighted by Gasteiger charge is -2.39. The Hall–Kier alpha value is 0.864. The first-order valence-corrected chi connectivity index (χ1v) is 14.4. The molecule has 0 aliphatic carbocycles. The predicted octanol–water partition coefficient (Wildman–Crippen LogP) is 3.35. The maximum absolute atomic E-state index is 2.57. The predicted molar refractivity (Wildman–Crippen MR) is 59.6 cm³/mol. The van der Waals surface area contributed by atoms with E-state index < -0.39 is 14.9 Å². The molecule has 0 aromatic rings. The molecule has 0 bridgehead atoms. The fraction of sp³-hybridized carbons (Fsp3) is 1.00. The summed E-state index contributed by atoms with van der Waals surface area (Å²) in [5.41, 5.74) is 0. The molecule has 0 rings (SSSR count). The van der Waals surface area contributed by atoms with Crippen molar-refractivity contribution in [1.29, 1.82) is 0 Å². The summed E-state index contributed by atoms with van der Waals surface area (Å²) < 4.78 is 0. The number of hydrogen-bond donors (Lipinski definition) is 0. The summed E-state index contributed by atoms with van der Waals surface area (Å²) >= 11 is 0. The van der Waals surface area contributed by atoms with Crippen LogP contribution in [-0.4, -0.2) is 28.2 Å². The molecule has 0 radical (unpaired) electrons. The van der Waals surface area contributed by atoms with Gasteiger partial charge in [-0.05, 0) is 13.3 Å². The number of rotatable bonds is 2. The third-order valence-corrected chi connectivity index (χ3v) is 36.6. The Bertz CT molecular complexity index is 113.